The molecular weight excluding hydrogens is 454 g/mol. The van der Waals surface area contributed by atoms with Gasteiger partial charge < -0.3 is 10.1 Å². The zero-order valence-electron chi connectivity index (χ0n) is 17.6. The molecule has 4 rings (SSSR count). The third kappa shape index (κ3) is 4.52. The number of morpholine rings is 1. The van der Waals surface area contributed by atoms with Crippen LogP contribution in [0.1, 0.15) is 18.1 Å². The Balaban J connectivity index is 1.54. The van der Waals surface area contributed by atoms with Crippen molar-refractivity contribution >= 4 is 39.1 Å². The van der Waals surface area contributed by atoms with Crippen LogP contribution in [0.3, 0.4) is 0 Å². The summed E-state index contributed by atoms with van der Waals surface area (Å²) in [5.74, 6) is -0.580. The number of hydrogen-bond donors (Lipinski definition) is 1. The van der Waals surface area contributed by atoms with E-state index in [9.17, 15) is 18.0 Å². The highest BCUT2D eigenvalue weighted by molar-refractivity contribution is 7.89. The van der Waals surface area contributed by atoms with Crippen molar-refractivity contribution in [1.29, 1.82) is 0 Å². The molecule has 32 heavy (non-hydrogen) atoms. The van der Waals surface area contributed by atoms with Crippen LogP contribution in [-0.2, 0) is 37.3 Å². The maximum Gasteiger partial charge on any atom is 0.243 e. The van der Waals surface area contributed by atoms with Crippen molar-refractivity contribution in [2.75, 3.05) is 31.2 Å². The number of amides is 2. The second-order valence-electron chi connectivity index (χ2n) is 7.76. The van der Waals surface area contributed by atoms with Crippen molar-refractivity contribution in [3.8, 4) is 0 Å². The van der Waals surface area contributed by atoms with E-state index in [0.717, 1.165) is 5.56 Å². The lowest BCUT2D eigenvalue weighted by molar-refractivity contribution is -0.125. The Morgan fingerprint density at radius 2 is 1.81 bits per heavy atom. The standard InChI is InChI=1S/C22H24ClN3O5S/c1-15(27)26-20-7-6-19(32(29,30)25-8-10-31-11-9-25)12-17(20)13-21(26)22(28)24-14-16-2-4-18(23)5-3-16/h2-7,12,21H,8-11,13-14H2,1H3,(H,24,28)/t21-/m1/s1. The largest absolute Gasteiger partial charge is 0.379 e. The molecule has 0 aliphatic carbocycles. The zero-order chi connectivity index (χ0) is 22.9. The molecule has 0 spiro atoms. The van der Waals surface area contributed by atoms with Gasteiger partial charge in [0.05, 0.1) is 18.1 Å². The summed E-state index contributed by atoms with van der Waals surface area (Å²) < 4.78 is 32.6. The maximum atomic E-state index is 13.0. The lowest BCUT2D eigenvalue weighted by atomic mass is 10.1. The van der Waals surface area contributed by atoms with Crippen molar-refractivity contribution in [2.24, 2.45) is 0 Å². The Morgan fingerprint density at radius 1 is 1.12 bits per heavy atom. The highest BCUT2D eigenvalue weighted by Crippen LogP contribution is 2.35. The topological polar surface area (TPSA) is 96.0 Å². The summed E-state index contributed by atoms with van der Waals surface area (Å²) >= 11 is 5.89. The Bertz CT molecular complexity index is 1130. The molecule has 0 radical (unpaired) electrons. The molecule has 2 aromatic rings. The minimum atomic E-state index is -3.67. The van der Waals surface area contributed by atoms with E-state index < -0.39 is 16.1 Å². The van der Waals surface area contributed by atoms with E-state index in [-0.39, 0.29) is 23.1 Å². The Hall–Kier alpha value is -2.46. The van der Waals surface area contributed by atoms with Gasteiger partial charge in [-0.05, 0) is 41.5 Å². The number of carbonyl (C=O) groups is 2. The first kappa shape index (κ1) is 22.7. The second-order valence-corrected chi connectivity index (χ2v) is 10.1. The molecule has 1 N–H and O–H groups in total. The average molecular weight is 478 g/mol. The molecule has 2 amide bonds. The molecule has 0 unspecified atom stereocenters. The van der Waals surface area contributed by atoms with Crippen molar-refractivity contribution in [3.63, 3.8) is 0 Å². The summed E-state index contributed by atoms with van der Waals surface area (Å²) in [5, 5.41) is 3.47. The van der Waals surface area contributed by atoms with Gasteiger partial charge in [-0.3, -0.25) is 14.5 Å². The van der Waals surface area contributed by atoms with Gasteiger partial charge in [-0.15, -0.1) is 0 Å². The lowest BCUT2D eigenvalue weighted by Gasteiger charge is -2.26. The number of anilines is 1. The molecular formula is C22H24ClN3O5S. The SMILES string of the molecule is CC(=O)N1c2ccc(S(=O)(=O)N3CCOCC3)cc2C[C@@H]1C(=O)NCc1ccc(Cl)cc1. The number of nitrogens with one attached hydrogen (secondary N) is 1. The zero-order valence-corrected chi connectivity index (χ0v) is 19.2. The summed E-state index contributed by atoms with van der Waals surface area (Å²) in [6.45, 7) is 3.01. The van der Waals surface area contributed by atoms with Crippen LogP contribution in [0.2, 0.25) is 5.02 Å². The van der Waals surface area contributed by atoms with Crippen molar-refractivity contribution in [1.82, 2.24) is 9.62 Å². The van der Waals surface area contributed by atoms with Gasteiger partial charge in [0.1, 0.15) is 6.04 Å². The average Bonchev–Trinajstić information content (AvgIpc) is 3.18. The van der Waals surface area contributed by atoms with Crippen LogP contribution in [0.4, 0.5) is 5.69 Å². The highest BCUT2D eigenvalue weighted by atomic mass is 35.5. The molecule has 8 nitrogen and oxygen atoms in total. The van der Waals surface area contributed by atoms with Crippen LogP contribution in [0.15, 0.2) is 47.4 Å². The van der Waals surface area contributed by atoms with E-state index in [0.29, 0.717) is 49.1 Å². The molecule has 0 saturated carbocycles. The van der Waals surface area contributed by atoms with Gasteiger partial charge in [-0.2, -0.15) is 4.31 Å². The van der Waals surface area contributed by atoms with Crippen LogP contribution in [0.25, 0.3) is 0 Å². The van der Waals surface area contributed by atoms with Crippen LogP contribution >= 0.6 is 11.6 Å². The molecule has 1 fully saturated rings. The van der Waals surface area contributed by atoms with Crippen LogP contribution in [0, 0.1) is 0 Å². The van der Waals surface area contributed by atoms with Gasteiger partial charge in [0, 0.05) is 43.7 Å². The van der Waals surface area contributed by atoms with Crippen molar-refractivity contribution in [2.45, 2.75) is 30.8 Å². The van der Waals surface area contributed by atoms with E-state index in [1.54, 1.807) is 24.3 Å². The first-order chi connectivity index (χ1) is 15.3. The number of halogens is 1. The molecule has 2 aromatic carbocycles. The first-order valence-electron chi connectivity index (χ1n) is 10.3. The molecule has 2 aliphatic heterocycles. The van der Waals surface area contributed by atoms with Gasteiger partial charge in [-0.25, -0.2) is 8.42 Å². The number of ether oxygens (including phenoxy) is 1. The lowest BCUT2D eigenvalue weighted by Crippen LogP contribution is -2.47. The van der Waals surface area contributed by atoms with E-state index in [2.05, 4.69) is 5.32 Å². The smallest absolute Gasteiger partial charge is 0.243 e. The van der Waals surface area contributed by atoms with Gasteiger partial charge >= 0.3 is 0 Å². The quantitative estimate of drug-likeness (QED) is 0.710. The summed E-state index contributed by atoms with van der Waals surface area (Å²) in [4.78, 5) is 26.9. The Morgan fingerprint density at radius 3 is 2.47 bits per heavy atom. The number of fused-ring (bicyclic) bond motifs is 1. The number of nitrogens with zero attached hydrogens (tertiary/aromatic N) is 2. The van der Waals surface area contributed by atoms with E-state index in [1.807, 2.05) is 12.1 Å². The summed E-state index contributed by atoms with van der Waals surface area (Å²) in [6.07, 6.45) is 0.244. The highest BCUT2D eigenvalue weighted by Gasteiger charge is 2.38. The van der Waals surface area contributed by atoms with Crippen LogP contribution < -0.4 is 10.2 Å². The first-order valence-corrected chi connectivity index (χ1v) is 12.1. The van der Waals surface area contributed by atoms with E-state index in [4.69, 9.17) is 16.3 Å². The molecule has 1 atom stereocenters. The van der Waals surface area contributed by atoms with E-state index >= 15 is 0 Å². The molecule has 1 saturated heterocycles. The van der Waals surface area contributed by atoms with Crippen molar-refractivity contribution in [3.05, 3.63) is 58.6 Å². The molecule has 10 heteroatoms. The van der Waals surface area contributed by atoms with Crippen LogP contribution in [0.5, 0.6) is 0 Å². The van der Waals surface area contributed by atoms with Gasteiger partial charge in [0.25, 0.3) is 0 Å². The minimum Gasteiger partial charge on any atom is -0.379 e. The number of benzene rings is 2. The fourth-order valence-corrected chi connectivity index (χ4v) is 5.62. The van der Waals surface area contributed by atoms with Gasteiger partial charge in [0.2, 0.25) is 21.8 Å². The predicted molar refractivity (Wildman–Crippen MR) is 120 cm³/mol. The number of rotatable bonds is 5. The molecule has 2 aliphatic rings. The van der Waals surface area contributed by atoms with Gasteiger partial charge in [-0.1, -0.05) is 23.7 Å². The summed E-state index contributed by atoms with van der Waals surface area (Å²) in [7, 11) is -3.67. The van der Waals surface area contributed by atoms with Gasteiger partial charge in [0.15, 0.2) is 0 Å². The van der Waals surface area contributed by atoms with E-state index in [1.165, 1.54) is 22.2 Å². The van der Waals surface area contributed by atoms with Crippen molar-refractivity contribution < 1.29 is 22.7 Å². The number of carbonyl (C=O) groups excluding carboxylic acids is 2. The normalized spacial score (nSPS) is 18.9. The predicted octanol–water partition coefficient (Wildman–Crippen LogP) is 1.95. The monoisotopic (exact) mass is 477 g/mol. The molecule has 0 bridgehead atoms. The molecule has 2 heterocycles. The number of sulfonamides is 1. The fourth-order valence-electron chi connectivity index (χ4n) is 4.03. The summed E-state index contributed by atoms with van der Waals surface area (Å²) in [5.41, 5.74) is 2.10. The maximum absolute atomic E-state index is 13.0. The third-order valence-electron chi connectivity index (χ3n) is 5.67. The second kappa shape index (κ2) is 9.19. The minimum absolute atomic E-state index is 0.156. The molecule has 0 aromatic heterocycles. The fraction of sp³-hybridized carbons (Fsp3) is 0.364. The molecule has 170 valence electrons. The Labute approximate surface area is 192 Å². The van der Waals surface area contributed by atoms with Crippen LogP contribution in [-0.4, -0.2) is 56.9 Å². The summed E-state index contributed by atoms with van der Waals surface area (Å²) in [6, 6.07) is 11.1. The third-order valence-corrected chi connectivity index (χ3v) is 7.81. The Kier molecular flexibility index (Phi) is 6.52. The number of hydrogen-bond acceptors (Lipinski definition) is 5.